The number of aromatic nitrogens is 1. The Labute approximate surface area is 160 Å². The molecule has 4 aromatic rings. The number of hydrogen-bond donors (Lipinski definition) is 1. The highest BCUT2D eigenvalue weighted by Gasteiger charge is 2.18. The second-order valence-corrected chi connectivity index (χ2v) is 6.17. The van der Waals surface area contributed by atoms with E-state index in [0.717, 1.165) is 5.56 Å². The van der Waals surface area contributed by atoms with Crippen LogP contribution in [0.15, 0.2) is 84.9 Å². The molecular formula is C22H15N3O3. The first-order chi connectivity index (χ1) is 13.6. The zero-order chi connectivity index (χ0) is 19.5. The number of nitrogens with zero attached hydrogens (tertiary/aromatic N) is 2. The first kappa shape index (κ1) is 17.4. The molecule has 4 rings (SSSR count). The van der Waals surface area contributed by atoms with Crippen LogP contribution in [0.25, 0.3) is 22.2 Å². The predicted molar refractivity (Wildman–Crippen MR) is 108 cm³/mol. The van der Waals surface area contributed by atoms with Crippen molar-refractivity contribution < 1.29 is 9.72 Å². The lowest BCUT2D eigenvalue weighted by Gasteiger charge is -2.11. The van der Waals surface area contributed by atoms with Crippen LogP contribution in [0.2, 0.25) is 0 Å². The van der Waals surface area contributed by atoms with Gasteiger partial charge in [-0.15, -0.1) is 0 Å². The fourth-order valence-corrected chi connectivity index (χ4v) is 3.05. The molecule has 0 aliphatic rings. The van der Waals surface area contributed by atoms with E-state index in [4.69, 9.17) is 0 Å². The molecule has 6 heteroatoms. The summed E-state index contributed by atoms with van der Waals surface area (Å²) in [7, 11) is 0. The van der Waals surface area contributed by atoms with Gasteiger partial charge in [-0.3, -0.25) is 14.9 Å². The molecule has 0 aliphatic carbocycles. The van der Waals surface area contributed by atoms with Gasteiger partial charge in [-0.05, 0) is 18.2 Å². The number of amides is 1. The molecule has 1 N–H and O–H groups in total. The van der Waals surface area contributed by atoms with Crippen molar-refractivity contribution in [2.75, 3.05) is 5.32 Å². The molecule has 0 bridgehead atoms. The molecular weight excluding hydrogens is 354 g/mol. The van der Waals surface area contributed by atoms with Crippen LogP contribution >= 0.6 is 0 Å². The van der Waals surface area contributed by atoms with Crippen molar-refractivity contribution in [1.82, 2.24) is 4.98 Å². The van der Waals surface area contributed by atoms with E-state index in [1.165, 1.54) is 12.1 Å². The fraction of sp³-hybridized carbons (Fsp3) is 0. The first-order valence-electron chi connectivity index (χ1n) is 8.63. The van der Waals surface area contributed by atoms with E-state index in [9.17, 15) is 14.9 Å². The summed E-state index contributed by atoms with van der Waals surface area (Å²) in [6, 6.07) is 24.7. The number of carbonyl (C=O) groups is 1. The van der Waals surface area contributed by atoms with Crippen LogP contribution in [0.1, 0.15) is 10.4 Å². The average Bonchev–Trinajstić information content (AvgIpc) is 2.73. The molecule has 0 radical (unpaired) electrons. The number of para-hydroxylation sites is 3. The number of nitrogens with one attached hydrogen (secondary N) is 1. The molecule has 3 aromatic carbocycles. The monoisotopic (exact) mass is 369 g/mol. The smallest absolute Gasteiger partial charge is 0.292 e. The van der Waals surface area contributed by atoms with Crippen molar-refractivity contribution in [3.05, 3.63) is 101 Å². The lowest BCUT2D eigenvalue weighted by molar-refractivity contribution is -0.383. The molecule has 6 nitrogen and oxygen atoms in total. The van der Waals surface area contributed by atoms with Crippen LogP contribution < -0.4 is 5.32 Å². The molecule has 0 aliphatic heterocycles. The molecule has 1 amide bonds. The Morgan fingerprint density at radius 3 is 2.36 bits per heavy atom. The number of rotatable bonds is 4. The van der Waals surface area contributed by atoms with Gasteiger partial charge in [0.25, 0.3) is 11.6 Å². The maximum absolute atomic E-state index is 13.0. The zero-order valence-corrected chi connectivity index (χ0v) is 14.7. The lowest BCUT2D eigenvalue weighted by atomic mass is 10.0. The number of carbonyl (C=O) groups excluding carboxylic acids is 1. The van der Waals surface area contributed by atoms with Crippen molar-refractivity contribution in [2.24, 2.45) is 0 Å². The van der Waals surface area contributed by atoms with E-state index in [-0.39, 0.29) is 11.4 Å². The number of benzene rings is 3. The predicted octanol–water partition coefficient (Wildman–Crippen LogP) is 5.06. The minimum absolute atomic E-state index is 0.152. The highest BCUT2D eigenvalue weighted by Crippen LogP contribution is 2.28. The Hall–Kier alpha value is -4.06. The zero-order valence-electron chi connectivity index (χ0n) is 14.7. The molecule has 0 saturated carbocycles. The molecule has 0 fully saturated rings. The minimum Gasteiger partial charge on any atom is -0.316 e. The van der Waals surface area contributed by atoms with Crippen LogP contribution in [0.5, 0.6) is 0 Å². The SMILES string of the molecule is O=C(Nc1ccccc1[N+](=O)[O-])c1cc(-c2ccccc2)nc2ccccc12. The number of anilines is 1. The Morgan fingerprint density at radius 1 is 0.893 bits per heavy atom. The van der Waals surface area contributed by atoms with Crippen LogP contribution in [0.4, 0.5) is 11.4 Å². The van der Waals surface area contributed by atoms with Crippen LogP contribution in [0, 0.1) is 10.1 Å². The average molecular weight is 369 g/mol. The Kier molecular flexibility index (Phi) is 4.51. The standard InChI is InChI=1S/C22H15N3O3/c26-22(24-19-12-6-7-13-21(19)25(27)28)17-14-20(15-8-2-1-3-9-15)23-18-11-5-4-10-16(17)18/h1-14H,(H,24,26). The van der Waals surface area contributed by atoms with Crippen molar-refractivity contribution in [3.63, 3.8) is 0 Å². The van der Waals surface area contributed by atoms with Gasteiger partial charge < -0.3 is 5.32 Å². The van der Waals surface area contributed by atoms with E-state index in [1.807, 2.05) is 54.6 Å². The van der Waals surface area contributed by atoms with E-state index >= 15 is 0 Å². The molecule has 0 spiro atoms. The summed E-state index contributed by atoms with van der Waals surface area (Å²) in [4.78, 5) is 28.4. The number of pyridine rings is 1. The van der Waals surface area contributed by atoms with Gasteiger partial charge >= 0.3 is 0 Å². The first-order valence-corrected chi connectivity index (χ1v) is 8.63. The summed E-state index contributed by atoms with van der Waals surface area (Å²) < 4.78 is 0. The second-order valence-electron chi connectivity index (χ2n) is 6.17. The maximum Gasteiger partial charge on any atom is 0.292 e. The number of hydrogen-bond acceptors (Lipinski definition) is 4. The molecule has 1 aromatic heterocycles. The molecule has 28 heavy (non-hydrogen) atoms. The Bertz CT molecular complexity index is 1190. The Morgan fingerprint density at radius 2 is 1.57 bits per heavy atom. The normalized spacial score (nSPS) is 10.6. The number of nitro benzene ring substituents is 1. The van der Waals surface area contributed by atoms with Crippen molar-refractivity contribution in [2.45, 2.75) is 0 Å². The summed E-state index contributed by atoms with van der Waals surface area (Å²) >= 11 is 0. The van der Waals surface area contributed by atoms with Gasteiger partial charge in [-0.25, -0.2) is 4.98 Å². The van der Waals surface area contributed by atoms with Crippen LogP contribution in [-0.4, -0.2) is 15.8 Å². The highest BCUT2D eigenvalue weighted by molar-refractivity contribution is 6.13. The molecule has 1 heterocycles. The van der Waals surface area contributed by atoms with Gasteiger partial charge in [-0.1, -0.05) is 60.7 Å². The van der Waals surface area contributed by atoms with Gasteiger partial charge in [-0.2, -0.15) is 0 Å². The van der Waals surface area contributed by atoms with E-state index in [0.29, 0.717) is 22.2 Å². The van der Waals surface area contributed by atoms with Crippen LogP contribution in [-0.2, 0) is 0 Å². The largest absolute Gasteiger partial charge is 0.316 e. The van der Waals surface area contributed by atoms with Crippen molar-refractivity contribution >= 4 is 28.2 Å². The summed E-state index contributed by atoms with van der Waals surface area (Å²) in [6.45, 7) is 0. The summed E-state index contributed by atoms with van der Waals surface area (Å²) in [5, 5.41) is 14.6. The van der Waals surface area contributed by atoms with Gasteiger partial charge in [0.2, 0.25) is 0 Å². The summed E-state index contributed by atoms with van der Waals surface area (Å²) in [5.41, 5.74) is 2.62. The molecule has 0 atom stereocenters. The molecule has 0 unspecified atom stereocenters. The number of nitro groups is 1. The topological polar surface area (TPSA) is 85.1 Å². The Balaban J connectivity index is 1.82. The van der Waals surface area contributed by atoms with Gasteiger partial charge in [0.15, 0.2) is 0 Å². The minimum atomic E-state index is -0.518. The lowest BCUT2D eigenvalue weighted by Crippen LogP contribution is -2.14. The third-order valence-electron chi connectivity index (χ3n) is 4.38. The van der Waals surface area contributed by atoms with Gasteiger partial charge in [0.1, 0.15) is 5.69 Å². The molecule has 0 saturated heterocycles. The van der Waals surface area contributed by atoms with Crippen molar-refractivity contribution in [3.8, 4) is 11.3 Å². The van der Waals surface area contributed by atoms with Gasteiger partial charge in [0, 0.05) is 17.0 Å². The summed E-state index contributed by atoms with van der Waals surface area (Å²) in [6.07, 6.45) is 0. The van der Waals surface area contributed by atoms with Crippen LogP contribution in [0.3, 0.4) is 0 Å². The fourth-order valence-electron chi connectivity index (χ4n) is 3.05. The second kappa shape index (κ2) is 7.28. The number of fused-ring (bicyclic) bond motifs is 1. The van der Waals surface area contributed by atoms with E-state index in [2.05, 4.69) is 10.3 Å². The van der Waals surface area contributed by atoms with Crippen molar-refractivity contribution in [1.29, 1.82) is 0 Å². The highest BCUT2D eigenvalue weighted by atomic mass is 16.6. The van der Waals surface area contributed by atoms with E-state index in [1.54, 1.807) is 18.2 Å². The van der Waals surface area contributed by atoms with Gasteiger partial charge in [0.05, 0.1) is 21.7 Å². The quantitative estimate of drug-likeness (QED) is 0.402. The summed E-state index contributed by atoms with van der Waals surface area (Å²) in [5.74, 6) is -0.426. The maximum atomic E-state index is 13.0. The van der Waals surface area contributed by atoms with E-state index < -0.39 is 10.8 Å². The molecule has 136 valence electrons. The third kappa shape index (κ3) is 3.31. The third-order valence-corrected chi connectivity index (χ3v) is 4.38.